The second-order valence-electron chi connectivity index (χ2n) is 10.7. The lowest BCUT2D eigenvalue weighted by atomic mass is 10.1. The summed E-state index contributed by atoms with van der Waals surface area (Å²) >= 11 is 3.38. The number of halogens is 2. The summed E-state index contributed by atoms with van der Waals surface area (Å²) in [5.41, 5.74) is 3.47. The minimum Gasteiger partial charge on any atom is -0.411 e. The molecule has 0 N–H and O–H groups in total. The zero-order valence-electron chi connectivity index (χ0n) is 20.8. The molecule has 5 rings (SSSR count). The number of aromatic nitrogens is 5. The third kappa shape index (κ3) is 4.57. The molecule has 0 radical (unpaired) electrons. The number of nitrogens with zero attached hydrogens (tertiary/aromatic N) is 5. The van der Waals surface area contributed by atoms with E-state index in [9.17, 15) is 4.39 Å². The summed E-state index contributed by atoms with van der Waals surface area (Å²) in [6.07, 6.45) is 2.95. The van der Waals surface area contributed by atoms with Crippen molar-refractivity contribution in [2.24, 2.45) is 0 Å². The molecule has 35 heavy (non-hydrogen) atoms. The van der Waals surface area contributed by atoms with Crippen molar-refractivity contribution in [3.05, 3.63) is 46.3 Å². The molecule has 0 spiro atoms. The van der Waals surface area contributed by atoms with Gasteiger partial charge in [0.2, 0.25) is 0 Å². The van der Waals surface area contributed by atoms with E-state index in [4.69, 9.17) is 14.3 Å². The van der Waals surface area contributed by atoms with Crippen LogP contribution in [0.1, 0.15) is 52.0 Å². The van der Waals surface area contributed by atoms with Crippen molar-refractivity contribution < 1.29 is 13.6 Å². The Hall–Kier alpha value is -2.14. The summed E-state index contributed by atoms with van der Waals surface area (Å²) < 4.78 is 31.3. The lowest BCUT2D eigenvalue weighted by Crippen LogP contribution is -2.40. The van der Waals surface area contributed by atoms with E-state index in [2.05, 4.69) is 60.1 Å². The fourth-order valence-electron chi connectivity index (χ4n) is 4.17. The molecule has 0 bridgehead atoms. The second kappa shape index (κ2) is 9.06. The lowest BCUT2D eigenvalue weighted by molar-refractivity contribution is -0.0370. The number of rotatable bonds is 5. The number of hydrogen-bond acceptors (Lipinski definition) is 5. The van der Waals surface area contributed by atoms with Gasteiger partial charge in [0.15, 0.2) is 20.4 Å². The van der Waals surface area contributed by atoms with Gasteiger partial charge < -0.3 is 9.16 Å². The monoisotopic (exact) mass is 559 g/mol. The molecule has 1 aliphatic rings. The fraction of sp³-hybridized carbons (Fsp3) is 0.480. The normalized spacial score (nSPS) is 17.5. The topological polar surface area (TPSA) is 67.0 Å². The zero-order chi connectivity index (χ0) is 25.0. The molecule has 2 aromatic carbocycles. The smallest absolute Gasteiger partial charge is 0.192 e. The fourth-order valence-corrected chi connectivity index (χ4v) is 5.52. The van der Waals surface area contributed by atoms with E-state index in [0.717, 1.165) is 48.2 Å². The Labute approximate surface area is 213 Å². The number of ether oxygens (including phenoxy) is 1. The lowest BCUT2D eigenvalue weighted by Gasteiger charge is -2.35. The Morgan fingerprint density at radius 3 is 2.69 bits per heavy atom. The van der Waals surface area contributed by atoms with Gasteiger partial charge >= 0.3 is 0 Å². The standard InChI is InChI=1S/C25H31BrFN5O2Si/c1-25(2,3)35(4,5)34-15-20-18-10-9-17(14-21(18)32(29-20)23-8-6-7-11-33-23)31-22-13-16(26)12-19(27)24(22)28-30-31/h9-10,12-14,23H,6-8,11,15H2,1-5H3. The van der Waals surface area contributed by atoms with Crippen LogP contribution < -0.4 is 0 Å². The molecule has 1 atom stereocenters. The average Bonchev–Trinajstić information content (AvgIpc) is 3.39. The Morgan fingerprint density at radius 1 is 1.17 bits per heavy atom. The van der Waals surface area contributed by atoms with Gasteiger partial charge in [0, 0.05) is 16.5 Å². The van der Waals surface area contributed by atoms with Crippen molar-refractivity contribution in [3.8, 4) is 5.69 Å². The first kappa shape index (κ1) is 24.5. The van der Waals surface area contributed by atoms with E-state index in [0.29, 0.717) is 16.6 Å². The van der Waals surface area contributed by atoms with Gasteiger partial charge in [-0.05, 0) is 67.7 Å². The molecular formula is C25H31BrFN5O2Si. The van der Waals surface area contributed by atoms with Crippen molar-refractivity contribution in [2.45, 2.75) is 71.0 Å². The third-order valence-corrected chi connectivity index (χ3v) is 12.2. The van der Waals surface area contributed by atoms with Crippen molar-refractivity contribution in [3.63, 3.8) is 0 Å². The minimum atomic E-state index is -1.94. The van der Waals surface area contributed by atoms with Gasteiger partial charge in [-0.2, -0.15) is 5.10 Å². The van der Waals surface area contributed by atoms with Crippen LogP contribution in [0.5, 0.6) is 0 Å². The van der Waals surface area contributed by atoms with Gasteiger partial charge in [-0.15, -0.1) is 5.10 Å². The predicted molar refractivity (Wildman–Crippen MR) is 141 cm³/mol. The number of fused-ring (bicyclic) bond motifs is 2. The van der Waals surface area contributed by atoms with Crippen LogP contribution >= 0.6 is 15.9 Å². The maximum absolute atomic E-state index is 14.4. The quantitative estimate of drug-likeness (QED) is 0.249. The van der Waals surface area contributed by atoms with Crippen LogP contribution in [0.3, 0.4) is 0 Å². The maximum atomic E-state index is 14.4. The summed E-state index contributed by atoms with van der Waals surface area (Å²) in [6.45, 7) is 12.4. The second-order valence-corrected chi connectivity index (χ2v) is 16.4. The van der Waals surface area contributed by atoms with E-state index in [1.807, 2.05) is 28.9 Å². The first-order chi connectivity index (χ1) is 16.5. The van der Waals surface area contributed by atoms with E-state index >= 15 is 0 Å². The molecule has 4 aromatic rings. The summed E-state index contributed by atoms with van der Waals surface area (Å²) in [5.74, 6) is -0.410. The van der Waals surface area contributed by atoms with Crippen LogP contribution in [-0.2, 0) is 15.8 Å². The SMILES string of the molecule is CC(C)(C)[Si](C)(C)OCc1nn(C2CCCCO2)c2cc(-n3nnc4c(F)cc(Br)cc43)ccc12. The first-order valence-electron chi connectivity index (χ1n) is 12.0. The molecule has 1 unspecified atom stereocenters. The van der Waals surface area contributed by atoms with Crippen molar-refractivity contribution in [1.29, 1.82) is 0 Å². The van der Waals surface area contributed by atoms with Gasteiger partial charge in [0.25, 0.3) is 0 Å². The third-order valence-electron chi connectivity index (χ3n) is 7.29. The largest absolute Gasteiger partial charge is 0.411 e. The highest BCUT2D eigenvalue weighted by Crippen LogP contribution is 2.38. The summed E-state index contributed by atoms with van der Waals surface area (Å²) in [5, 5.41) is 14.4. The maximum Gasteiger partial charge on any atom is 0.192 e. The van der Waals surface area contributed by atoms with Crippen molar-refractivity contribution >= 4 is 46.2 Å². The van der Waals surface area contributed by atoms with E-state index in [1.54, 1.807) is 4.68 Å². The van der Waals surface area contributed by atoms with Crippen LogP contribution in [0.25, 0.3) is 27.6 Å². The Kier molecular flexibility index (Phi) is 6.36. The average molecular weight is 561 g/mol. The van der Waals surface area contributed by atoms with Gasteiger partial charge in [-0.3, -0.25) is 0 Å². The molecule has 1 fully saturated rings. The van der Waals surface area contributed by atoms with Crippen LogP contribution in [0.2, 0.25) is 18.1 Å². The predicted octanol–water partition coefficient (Wildman–Crippen LogP) is 6.89. The molecular weight excluding hydrogens is 529 g/mol. The van der Waals surface area contributed by atoms with Gasteiger partial charge in [0.1, 0.15) is 5.52 Å². The van der Waals surface area contributed by atoms with Crippen LogP contribution in [0.15, 0.2) is 34.8 Å². The molecule has 0 saturated carbocycles. The highest BCUT2D eigenvalue weighted by molar-refractivity contribution is 9.10. The minimum absolute atomic E-state index is 0.114. The van der Waals surface area contributed by atoms with Crippen LogP contribution in [0, 0.1) is 5.82 Å². The molecule has 0 aliphatic carbocycles. The molecule has 7 nitrogen and oxygen atoms in total. The van der Waals surface area contributed by atoms with Gasteiger partial charge in [-0.1, -0.05) is 41.9 Å². The van der Waals surface area contributed by atoms with E-state index < -0.39 is 14.1 Å². The zero-order valence-corrected chi connectivity index (χ0v) is 23.4. The Balaban J connectivity index is 1.60. The molecule has 1 saturated heterocycles. The highest BCUT2D eigenvalue weighted by Gasteiger charge is 2.37. The van der Waals surface area contributed by atoms with Gasteiger partial charge in [0.05, 0.1) is 29.0 Å². The molecule has 3 heterocycles. The number of benzene rings is 2. The Bertz CT molecular complexity index is 1390. The Morgan fingerprint density at radius 2 is 1.97 bits per heavy atom. The van der Waals surface area contributed by atoms with Crippen molar-refractivity contribution in [2.75, 3.05) is 6.61 Å². The summed E-state index contributed by atoms with van der Waals surface area (Å²) in [6, 6.07) is 9.27. The molecule has 0 amide bonds. The van der Waals surface area contributed by atoms with E-state index in [1.165, 1.54) is 6.07 Å². The first-order valence-corrected chi connectivity index (χ1v) is 15.7. The highest BCUT2D eigenvalue weighted by atomic mass is 79.9. The van der Waals surface area contributed by atoms with Crippen molar-refractivity contribution in [1.82, 2.24) is 24.8 Å². The van der Waals surface area contributed by atoms with E-state index in [-0.39, 0.29) is 16.8 Å². The van der Waals surface area contributed by atoms with Gasteiger partial charge in [-0.25, -0.2) is 13.8 Å². The summed E-state index contributed by atoms with van der Waals surface area (Å²) in [4.78, 5) is 0. The summed E-state index contributed by atoms with van der Waals surface area (Å²) in [7, 11) is -1.94. The molecule has 1 aliphatic heterocycles. The molecule has 2 aromatic heterocycles. The molecule has 186 valence electrons. The van der Waals surface area contributed by atoms with Crippen LogP contribution in [-0.4, -0.2) is 39.7 Å². The van der Waals surface area contributed by atoms with Crippen LogP contribution in [0.4, 0.5) is 4.39 Å². The molecule has 10 heteroatoms. The number of hydrogen-bond donors (Lipinski definition) is 0.